The van der Waals surface area contributed by atoms with Crippen molar-refractivity contribution in [2.45, 2.75) is 76.0 Å². The third kappa shape index (κ3) is 2.60. The number of aryl methyl sites for hydroxylation is 1. The van der Waals surface area contributed by atoms with E-state index < -0.39 is 0 Å². The lowest BCUT2D eigenvalue weighted by Gasteiger charge is -2.62. The predicted molar refractivity (Wildman–Crippen MR) is 92.8 cm³/mol. The first kappa shape index (κ1) is 15.5. The van der Waals surface area contributed by atoms with Crippen molar-refractivity contribution in [2.24, 2.45) is 11.8 Å². The zero-order valence-corrected chi connectivity index (χ0v) is 15.1. The fourth-order valence-electron chi connectivity index (χ4n) is 6.38. The molecule has 0 aromatic carbocycles. The van der Waals surface area contributed by atoms with Gasteiger partial charge in [0.1, 0.15) is 0 Å². The van der Waals surface area contributed by atoms with E-state index >= 15 is 0 Å². The van der Waals surface area contributed by atoms with Gasteiger partial charge < -0.3 is 9.88 Å². The van der Waals surface area contributed by atoms with Gasteiger partial charge in [-0.05, 0) is 69.4 Å². The fraction of sp³-hybridized carbons (Fsp3) is 0.778. The van der Waals surface area contributed by atoms with E-state index in [4.69, 9.17) is 0 Å². The Balaban J connectivity index is 1.40. The molecule has 4 bridgehead atoms. The van der Waals surface area contributed by atoms with Crippen LogP contribution in [-0.2, 0) is 12.1 Å². The molecule has 2 aromatic rings. The van der Waals surface area contributed by atoms with Crippen molar-refractivity contribution in [1.82, 2.24) is 35.1 Å². The molecule has 7 heteroatoms. The van der Waals surface area contributed by atoms with Crippen molar-refractivity contribution in [3.05, 3.63) is 24.5 Å². The van der Waals surface area contributed by atoms with Gasteiger partial charge in [-0.2, -0.15) is 4.80 Å². The first-order valence-corrected chi connectivity index (χ1v) is 9.55. The maximum Gasteiger partial charge on any atom is 0.171 e. The zero-order valence-electron chi connectivity index (χ0n) is 15.1. The van der Waals surface area contributed by atoms with Crippen LogP contribution in [0.3, 0.4) is 0 Å². The summed E-state index contributed by atoms with van der Waals surface area (Å²) in [6.45, 7) is 5.19. The summed E-state index contributed by atoms with van der Waals surface area (Å²) in [6, 6.07) is 0.424. The van der Waals surface area contributed by atoms with Gasteiger partial charge in [-0.25, -0.2) is 4.98 Å². The molecule has 25 heavy (non-hydrogen) atoms. The Kier molecular flexibility index (Phi) is 3.33. The van der Waals surface area contributed by atoms with E-state index in [0.717, 1.165) is 30.6 Å². The Labute approximate surface area is 148 Å². The van der Waals surface area contributed by atoms with Gasteiger partial charge in [-0.3, -0.25) is 0 Å². The van der Waals surface area contributed by atoms with Crippen molar-refractivity contribution in [3.8, 4) is 0 Å². The van der Waals surface area contributed by atoms with Gasteiger partial charge in [-0.1, -0.05) is 0 Å². The topological polar surface area (TPSA) is 73.5 Å². The first-order chi connectivity index (χ1) is 12.0. The highest BCUT2D eigenvalue weighted by atomic mass is 15.6. The highest BCUT2D eigenvalue weighted by molar-refractivity contribution is 5.13. The second kappa shape index (κ2) is 5.37. The molecule has 1 N–H and O–H groups in total. The summed E-state index contributed by atoms with van der Waals surface area (Å²) in [4.78, 5) is 6.13. The molecule has 7 nitrogen and oxygen atoms in total. The highest BCUT2D eigenvalue weighted by Gasteiger charge is 2.59. The van der Waals surface area contributed by atoms with Crippen LogP contribution in [0.5, 0.6) is 0 Å². The summed E-state index contributed by atoms with van der Waals surface area (Å²) < 4.78 is 2.16. The van der Waals surface area contributed by atoms with Gasteiger partial charge in [0.25, 0.3) is 0 Å². The van der Waals surface area contributed by atoms with E-state index in [0.29, 0.717) is 6.04 Å². The summed E-state index contributed by atoms with van der Waals surface area (Å²) in [5.41, 5.74) is 0.304. The predicted octanol–water partition coefficient (Wildman–Crippen LogP) is 1.90. The van der Waals surface area contributed by atoms with Gasteiger partial charge in [0.2, 0.25) is 0 Å². The van der Waals surface area contributed by atoms with Gasteiger partial charge in [0.15, 0.2) is 5.82 Å². The van der Waals surface area contributed by atoms with Crippen molar-refractivity contribution < 1.29 is 0 Å². The van der Waals surface area contributed by atoms with Crippen LogP contribution in [0.2, 0.25) is 0 Å². The monoisotopic (exact) mass is 341 g/mol. The quantitative estimate of drug-likeness (QED) is 0.899. The first-order valence-electron chi connectivity index (χ1n) is 9.55. The second-order valence-corrected chi connectivity index (χ2v) is 8.90. The van der Waals surface area contributed by atoms with E-state index in [9.17, 15) is 0 Å². The molecule has 4 fully saturated rings. The van der Waals surface area contributed by atoms with Crippen molar-refractivity contribution in [3.63, 3.8) is 0 Å². The van der Waals surface area contributed by atoms with Gasteiger partial charge in [-0.15, -0.1) is 10.2 Å². The maximum atomic E-state index is 4.63. The number of rotatable bonds is 5. The molecule has 0 saturated heterocycles. The number of aromatic nitrogens is 6. The number of tetrazole rings is 1. The molecule has 0 aliphatic heterocycles. The maximum absolute atomic E-state index is 4.63. The summed E-state index contributed by atoms with van der Waals surface area (Å²) in [7, 11) is 0. The average Bonchev–Trinajstić information content (AvgIpc) is 3.17. The molecule has 0 unspecified atom stereocenters. The van der Waals surface area contributed by atoms with E-state index in [1.807, 2.05) is 30.4 Å². The zero-order chi connectivity index (χ0) is 17.1. The average molecular weight is 341 g/mol. The number of hydrogen-bond acceptors (Lipinski definition) is 5. The molecule has 2 aromatic heterocycles. The molecular weight excluding hydrogens is 314 g/mol. The van der Waals surface area contributed by atoms with Crippen LogP contribution in [0.4, 0.5) is 0 Å². The van der Waals surface area contributed by atoms with Crippen LogP contribution in [-0.4, -0.2) is 41.3 Å². The van der Waals surface area contributed by atoms with Crippen LogP contribution in [0, 0.1) is 18.8 Å². The standard InChI is InChI=1S/C18H27N7/c1-13(10-24-4-3-19-12-24)20-17-6-15-5-16(7-17)9-18(8-15,11-17)25-22-14(2)21-23-25/h3-4,12-13,15-16,20H,5-11H2,1-2H3/t13-,15+,16+,17?,18?/m0/s1. The number of hydrogen-bond donors (Lipinski definition) is 1. The minimum absolute atomic E-state index is 0.0765. The summed E-state index contributed by atoms with van der Waals surface area (Å²) in [5, 5.41) is 17.2. The third-order valence-corrected chi connectivity index (χ3v) is 6.56. The fourth-order valence-corrected chi connectivity index (χ4v) is 6.38. The number of nitrogens with zero attached hydrogens (tertiary/aromatic N) is 6. The van der Waals surface area contributed by atoms with Crippen LogP contribution >= 0.6 is 0 Å². The third-order valence-electron chi connectivity index (χ3n) is 6.56. The Morgan fingerprint density at radius 1 is 1.28 bits per heavy atom. The summed E-state index contributed by atoms with van der Waals surface area (Å²) >= 11 is 0. The number of nitrogens with one attached hydrogen (secondary N) is 1. The molecule has 3 atom stereocenters. The Morgan fingerprint density at radius 3 is 2.72 bits per heavy atom. The van der Waals surface area contributed by atoms with Gasteiger partial charge in [0.05, 0.1) is 11.9 Å². The van der Waals surface area contributed by atoms with Crippen molar-refractivity contribution >= 4 is 0 Å². The molecule has 0 spiro atoms. The summed E-state index contributed by atoms with van der Waals surface area (Å²) in [5.74, 6) is 2.37. The molecule has 2 heterocycles. The second-order valence-electron chi connectivity index (χ2n) is 8.90. The minimum atomic E-state index is 0.0765. The molecule has 0 radical (unpaired) electrons. The SMILES string of the molecule is Cc1nnn(C23C[C@@H]4C[C@H](CC(N[C@@H](C)Cn5ccnc5)(C4)C2)C3)n1. The van der Waals surface area contributed by atoms with Crippen LogP contribution in [0.25, 0.3) is 0 Å². The molecule has 4 aliphatic carbocycles. The lowest BCUT2D eigenvalue weighted by Crippen LogP contribution is -2.66. The van der Waals surface area contributed by atoms with E-state index in [-0.39, 0.29) is 11.1 Å². The van der Waals surface area contributed by atoms with Crippen LogP contribution in [0.1, 0.15) is 51.3 Å². The Hall–Kier alpha value is -1.76. The van der Waals surface area contributed by atoms with Crippen LogP contribution < -0.4 is 5.32 Å². The lowest BCUT2D eigenvalue weighted by atomic mass is 9.50. The smallest absolute Gasteiger partial charge is 0.171 e. The Morgan fingerprint density at radius 2 is 2.08 bits per heavy atom. The van der Waals surface area contributed by atoms with Crippen molar-refractivity contribution in [2.75, 3.05) is 0 Å². The molecule has 6 rings (SSSR count). The minimum Gasteiger partial charge on any atom is -0.336 e. The van der Waals surface area contributed by atoms with E-state index in [2.05, 4.69) is 37.2 Å². The van der Waals surface area contributed by atoms with E-state index in [1.54, 1.807) is 0 Å². The molecule has 0 amide bonds. The summed E-state index contributed by atoms with van der Waals surface area (Å²) in [6.07, 6.45) is 13.4. The lowest BCUT2D eigenvalue weighted by molar-refractivity contribution is -0.0881. The Bertz CT molecular complexity index is 735. The van der Waals surface area contributed by atoms with Gasteiger partial charge >= 0.3 is 0 Å². The normalized spacial score (nSPS) is 37.5. The van der Waals surface area contributed by atoms with Gasteiger partial charge in [0, 0.05) is 30.5 Å². The molecular formula is C18H27N7. The number of imidazole rings is 1. The highest BCUT2D eigenvalue weighted by Crippen LogP contribution is 2.60. The molecule has 4 saturated carbocycles. The van der Waals surface area contributed by atoms with Crippen molar-refractivity contribution in [1.29, 1.82) is 0 Å². The van der Waals surface area contributed by atoms with Crippen LogP contribution in [0.15, 0.2) is 18.7 Å². The largest absolute Gasteiger partial charge is 0.336 e. The van der Waals surface area contributed by atoms with E-state index in [1.165, 1.54) is 32.1 Å². The molecule has 4 aliphatic rings. The molecule has 134 valence electrons.